The van der Waals surface area contributed by atoms with Gasteiger partial charge >= 0.3 is 0 Å². The van der Waals surface area contributed by atoms with Gasteiger partial charge in [0.05, 0.1) is 18.0 Å². The first-order valence-corrected chi connectivity index (χ1v) is 12.1. The van der Waals surface area contributed by atoms with Crippen LogP contribution in [0.5, 0.6) is 5.75 Å². The van der Waals surface area contributed by atoms with Crippen LogP contribution in [-0.4, -0.2) is 60.9 Å². The van der Waals surface area contributed by atoms with Crippen molar-refractivity contribution in [2.24, 2.45) is 0 Å². The third-order valence-electron chi connectivity index (χ3n) is 6.33. The van der Waals surface area contributed by atoms with Crippen molar-refractivity contribution >= 4 is 23.2 Å². The van der Waals surface area contributed by atoms with Crippen LogP contribution in [0, 0.1) is 0 Å². The number of hydrogen-bond acceptors (Lipinski definition) is 5. The van der Waals surface area contributed by atoms with Crippen LogP contribution in [0.1, 0.15) is 53.4 Å². The number of methoxy groups -OCH3 is 1. The molecule has 0 spiro atoms. The van der Waals surface area contributed by atoms with Gasteiger partial charge in [0.1, 0.15) is 11.8 Å². The van der Waals surface area contributed by atoms with Crippen LogP contribution >= 0.6 is 11.3 Å². The van der Waals surface area contributed by atoms with Crippen molar-refractivity contribution in [1.29, 1.82) is 0 Å². The lowest BCUT2D eigenvalue weighted by Crippen LogP contribution is -2.52. The Labute approximate surface area is 188 Å². The maximum Gasteiger partial charge on any atom is 0.264 e. The smallest absolute Gasteiger partial charge is 0.264 e. The van der Waals surface area contributed by atoms with Crippen LogP contribution in [0.15, 0.2) is 41.8 Å². The lowest BCUT2D eigenvalue weighted by atomic mass is 10.00. The second-order valence-electron chi connectivity index (χ2n) is 8.27. The normalized spacial score (nSPS) is 20.4. The number of nitrogens with one attached hydrogen (secondary N) is 1. The van der Waals surface area contributed by atoms with E-state index in [9.17, 15) is 9.59 Å². The lowest BCUT2D eigenvalue weighted by molar-refractivity contribution is -0.126. The topological polar surface area (TPSA) is 61.9 Å². The lowest BCUT2D eigenvalue weighted by Gasteiger charge is -2.35. The van der Waals surface area contributed by atoms with Gasteiger partial charge in [-0.3, -0.25) is 14.5 Å². The fourth-order valence-corrected chi connectivity index (χ4v) is 5.34. The molecule has 166 valence electrons. The first-order chi connectivity index (χ1) is 15.2. The minimum atomic E-state index is -0.395. The summed E-state index contributed by atoms with van der Waals surface area (Å²) >= 11 is 1.43. The predicted octanol–water partition coefficient (Wildman–Crippen LogP) is 3.70. The molecule has 1 aromatic heterocycles. The molecular formula is C24H31N3O3S. The SMILES string of the molecule is COc1cccc(C(CNC(=O)C2CCCCN2C(=O)c2cccs2)N2CCCC2)c1. The zero-order valence-corrected chi connectivity index (χ0v) is 18.9. The van der Waals surface area contributed by atoms with E-state index in [0.29, 0.717) is 18.0 Å². The van der Waals surface area contributed by atoms with Gasteiger partial charge in [-0.1, -0.05) is 18.2 Å². The summed E-state index contributed by atoms with van der Waals surface area (Å²) in [4.78, 5) is 31.1. The average Bonchev–Trinajstić information content (AvgIpc) is 3.53. The molecule has 0 saturated carbocycles. The van der Waals surface area contributed by atoms with E-state index in [0.717, 1.165) is 43.7 Å². The molecule has 2 aliphatic heterocycles. The van der Waals surface area contributed by atoms with Crippen LogP contribution < -0.4 is 10.1 Å². The maximum absolute atomic E-state index is 13.2. The van der Waals surface area contributed by atoms with Gasteiger partial charge < -0.3 is 15.0 Å². The molecular weight excluding hydrogens is 410 g/mol. The minimum Gasteiger partial charge on any atom is -0.497 e. The summed E-state index contributed by atoms with van der Waals surface area (Å²) in [5.74, 6) is 0.753. The predicted molar refractivity (Wildman–Crippen MR) is 123 cm³/mol. The van der Waals surface area contributed by atoms with E-state index in [1.54, 1.807) is 12.0 Å². The molecule has 1 aromatic carbocycles. The second-order valence-corrected chi connectivity index (χ2v) is 9.22. The Morgan fingerprint density at radius 2 is 1.94 bits per heavy atom. The molecule has 2 aliphatic rings. The third kappa shape index (κ3) is 5.10. The van der Waals surface area contributed by atoms with E-state index in [1.807, 2.05) is 29.6 Å². The summed E-state index contributed by atoms with van der Waals surface area (Å²) in [6.45, 7) is 3.23. The Morgan fingerprint density at radius 1 is 1.13 bits per heavy atom. The molecule has 0 radical (unpaired) electrons. The van der Waals surface area contributed by atoms with Crippen molar-refractivity contribution in [3.8, 4) is 5.75 Å². The number of likely N-dealkylation sites (tertiary alicyclic amines) is 2. The summed E-state index contributed by atoms with van der Waals surface area (Å²) in [7, 11) is 1.67. The number of piperidine rings is 1. The number of benzene rings is 1. The third-order valence-corrected chi connectivity index (χ3v) is 7.19. The number of amides is 2. The van der Waals surface area contributed by atoms with Gasteiger partial charge in [0.15, 0.2) is 0 Å². The molecule has 2 amide bonds. The van der Waals surface area contributed by atoms with E-state index in [4.69, 9.17) is 4.74 Å². The largest absolute Gasteiger partial charge is 0.497 e. The molecule has 0 bridgehead atoms. The van der Waals surface area contributed by atoms with Crippen LogP contribution in [-0.2, 0) is 4.79 Å². The van der Waals surface area contributed by atoms with Gasteiger partial charge in [0.2, 0.25) is 5.91 Å². The summed E-state index contributed by atoms with van der Waals surface area (Å²) in [5.41, 5.74) is 1.15. The molecule has 0 aliphatic carbocycles. The molecule has 2 unspecified atom stereocenters. The zero-order valence-electron chi connectivity index (χ0n) is 18.1. The Morgan fingerprint density at radius 3 is 2.68 bits per heavy atom. The van der Waals surface area contributed by atoms with Gasteiger partial charge in [0.25, 0.3) is 5.91 Å². The number of rotatable bonds is 7. The van der Waals surface area contributed by atoms with E-state index in [1.165, 1.54) is 24.2 Å². The number of ether oxygens (including phenoxy) is 1. The van der Waals surface area contributed by atoms with Crippen LogP contribution in [0.3, 0.4) is 0 Å². The van der Waals surface area contributed by atoms with Crippen molar-refractivity contribution < 1.29 is 14.3 Å². The highest BCUT2D eigenvalue weighted by atomic mass is 32.1. The van der Waals surface area contributed by atoms with E-state index in [-0.39, 0.29) is 17.9 Å². The monoisotopic (exact) mass is 441 g/mol. The fraction of sp³-hybridized carbons (Fsp3) is 0.500. The molecule has 2 atom stereocenters. The zero-order chi connectivity index (χ0) is 21.6. The van der Waals surface area contributed by atoms with Gasteiger partial charge in [0, 0.05) is 13.1 Å². The molecule has 7 heteroatoms. The molecule has 2 saturated heterocycles. The molecule has 3 heterocycles. The van der Waals surface area contributed by atoms with Gasteiger partial charge in [-0.15, -0.1) is 11.3 Å². The molecule has 31 heavy (non-hydrogen) atoms. The first-order valence-electron chi connectivity index (χ1n) is 11.2. The fourth-order valence-electron chi connectivity index (χ4n) is 4.66. The van der Waals surface area contributed by atoms with E-state index in [2.05, 4.69) is 22.3 Å². The quantitative estimate of drug-likeness (QED) is 0.712. The van der Waals surface area contributed by atoms with Crippen molar-refractivity contribution in [2.75, 3.05) is 33.3 Å². The Hall–Kier alpha value is -2.38. The molecule has 2 aromatic rings. The highest BCUT2D eigenvalue weighted by Gasteiger charge is 2.34. The Kier molecular flexibility index (Phi) is 7.25. The summed E-state index contributed by atoms with van der Waals surface area (Å²) in [5, 5.41) is 5.09. The molecule has 4 rings (SSSR count). The maximum atomic E-state index is 13.2. The molecule has 1 N–H and O–H groups in total. The number of carbonyl (C=O) groups is 2. The highest BCUT2D eigenvalue weighted by Crippen LogP contribution is 2.28. The van der Waals surface area contributed by atoms with Crippen LogP contribution in [0.2, 0.25) is 0 Å². The van der Waals surface area contributed by atoms with Crippen molar-refractivity contribution in [3.63, 3.8) is 0 Å². The summed E-state index contributed by atoms with van der Waals surface area (Å²) in [6, 6.07) is 11.5. The molecule has 2 fully saturated rings. The van der Waals surface area contributed by atoms with Crippen molar-refractivity contribution in [3.05, 3.63) is 52.2 Å². The summed E-state index contributed by atoms with van der Waals surface area (Å²) < 4.78 is 5.42. The standard InChI is InChI=1S/C24H31N3O3S/c1-30-19-9-6-8-18(16-19)21(26-12-4-5-13-26)17-25-23(28)20-10-2-3-14-27(20)24(29)22-11-7-15-31-22/h6-9,11,15-16,20-21H,2-5,10,12-14,17H2,1H3,(H,25,28). The van der Waals surface area contributed by atoms with Gasteiger partial charge in [-0.25, -0.2) is 0 Å². The van der Waals surface area contributed by atoms with E-state index < -0.39 is 6.04 Å². The number of nitrogens with zero attached hydrogens (tertiary/aromatic N) is 2. The number of hydrogen-bond donors (Lipinski definition) is 1. The first kappa shape index (κ1) is 21.8. The van der Waals surface area contributed by atoms with Crippen LogP contribution in [0.25, 0.3) is 0 Å². The van der Waals surface area contributed by atoms with E-state index >= 15 is 0 Å². The molecule has 6 nitrogen and oxygen atoms in total. The van der Waals surface area contributed by atoms with Gasteiger partial charge in [-0.2, -0.15) is 0 Å². The van der Waals surface area contributed by atoms with Gasteiger partial charge in [-0.05, 0) is 74.3 Å². The number of carbonyl (C=O) groups excluding carboxylic acids is 2. The second kappa shape index (κ2) is 10.3. The van der Waals surface area contributed by atoms with Crippen LogP contribution in [0.4, 0.5) is 0 Å². The minimum absolute atomic E-state index is 0.0289. The highest BCUT2D eigenvalue weighted by molar-refractivity contribution is 7.12. The Balaban J connectivity index is 1.46. The number of thiophene rings is 1. The summed E-state index contributed by atoms with van der Waals surface area (Å²) in [6.07, 6.45) is 5.00. The Bertz CT molecular complexity index is 880. The average molecular weight is 442 g/mol. The van der Waals surface area contributed by atoms with Crippen molar-refractivity contribution in [2.45, 2.75) is 44.2 Å². The van der Waals surface area contributed by atoms with Crippen molar-refractivity contribution in [1.82, 2.24) is 15.1 Å².